The van der Waals surface area contributed by atoms with Gasteiger partial charge in [-0.25, -0.2) is 0 Å². The van der Waals surface area contributed by atoms with Gasteiger partial charge in [0.05, 0.1) is 18.7 Å². The highest BCUT2D eigenvalue weighted by Gasteiger charge is 2.18. The lowest BCUT2D eigenvalue weighted by Crippen LogP contribution is -2.24. The van der Waals surface area contributed by atoms with Crippen molar-refractivity contribution in [3.05, 3.63) is 11.3 Å². The Bertz CT molecular complexity index is 470. The molecule has 1 aliphatic rings. The summed E-state index contributed by atoms with van der Waals surface area (Å²) in [6.07, 6.45) is 1.03. The summed E-state index contributed by atoms with van der Waals surface area (Å²) in [6.45, 7) is 3.68. The standard InChI is InChI=1S/C12H18N4O3/c1-2-19-11(18)4-3-10(17)14-12-8-5-6-13-7-9(8)15-16-12/h13H,2-7H2,1H3,(H2,14,15,16,17). The third kappa shape index (κ3) is 3.54. The normalized spacial score (nSPS) is 13.7. The Labute approximate surface area is 111 Å². The molecule has 1 aromatic heterocycles. The van der Waals surface area contributed by atoms with E-state index >= 15 is 0 Å². The van der Waals surface area contributed by atoms with Gasteiger partial charge in [-0.2, -0.15) is 5.10 Å². The first-order valence-electron chi connectivity index (χ1n) is 6.43. The van der Waals surface area contributed by atoms with Crippen LogP contribution >= 0.6 is 0 Å². The number of hydrogen-bond acceptors (Lipinski definition) is 5. The number of carbonyl (C=O) groups excluding carboxylic acids is 2. The molecule has 0 bridgehead atoms. The number of amides is 1. The molecule has 0 saturated heterocycles. The van der Waals surface area contributed by atoms with Crippen molar-refractivity contribution < 1.29 is 14.3 Å². The molecule has 104 valence electrons. The summed E-state index contributed by atoms with van der Waals surface area (Å²) in [5.74, 6) is -0.00264. The second-order valence-corrected chi connectivity index (χ2v) is 4.31. The van der Waals surface area contributed by atoms with Crippen molar-refractivity contribution in [1.29, 1.82) is 0 Å². The molecule has 1 amide bonds. The van der Waals surface area contributed by atoms with Gasteiger partial charge in [-0.05, 0) is 19.9 Å². The van der Waals surface area contributed by atoms with E-state index in [4.69, 9.17) is 4.74 Å². The lowest BCUT2D eigenvalue weighted by Gasteiger charge is -2.12. The van der Waals surface area contributed by atoms with Gasteiger partial charge >= 0.3 is 5.97 Å². The number of nitrogens with one attached hydrogen (secondary N) is 3. The number of anilines is 1. The summed E-state index contributed by atoms with van der Waals surface area (Å²) in [5, 5.41) is 12.9. The largest absolute Gasteiger partial charge is 0.466 e. The number of hydrogen-bond donors (Lipinski definition) is 3. The predicted molar refractivity (Wildman–Crippen MR) is 68.5 cm³/mol. The van der Waals surface area contributed by atoms with E-state index in [1.54, 1.807) is 6.92 Å². The number of esters is 1. The molecule has 0 fully saturated rings. The highest BCUT2D eigenvalue weighted by molar-refractivity contribution is 5.92. The molecule has 1 aromatic rings. The third-order valence-corrected chi connectivity index (χ3v) is 2.93. The van der Waals surface area contributed by atoms with Gasteiger partial charge in [-0.1, -0.05) is 0 Å². The maximum absolute atomic E-state index is 11.7. The fourth-order valence-corrected chi connectivity index (χ4v) is 1.99. The van der Waals surface area contributed by atoms with E-state index in [1.807, 2.05) is 0 Å². The molecule has 0 aliphatic carbocycles. The second-order valence-electron chi connectivity index (χ2n) is 4.31. The van der Waals surface area contributed by atoms with Crippen LogP contribution in [0.25, 0.3) is 0 Å². The molecule has 3 N–H and O–H groups in total. The Balaban J connectivity index is 1.85. The van der Waals surface area contributed by atoms with Gasteiger partial charge in [0.25, 0.3) is 0 Å². The fourth-order valence-electron chi connectivity index (χ4n) is 1.99. The number of fused-ring (bicyclic) bond motifs is 1. The monoisotopic (exact) mass is 266 g/mol. The van der Waals surface area contributed by atoms with E-state index in [1.165, 1.54) is 0 Å². The fraction of sp³-hybridized carbons (Fsp3) is 0.583. The summed E-state index contributed by atoms with van der Waals surface area (Å²) in [5.41, 5.74) is 2.05. The van der Waals surface area contributed by atoms with E-state index in [-0.39, 0.29) is 24.7 Å². The molecule has 2 rings (SSSR count). The molecular weight excluding hydrogens is 248 g/mol. The Morgan fingerprint density at radius 2 is 2.26 bits per heavy atom. The average Bonchev–Trinajstić information content (AvgIpc) is 2.80. The Morgan fingerprint density at radius 3 is 3.05 bits per heavy atom. The first-order valence-corrected chi connectivity index (χ1v) is 6.43. The molecule has 0 aromatic carbocycles. The third-order valence-electron chi connectivity index (χ3n) is 2.93. The number of nitrogens with zero attached hydrogens (tertiary/aromatic N) is 1. The van der Waals surface area contributed by atoms with Crippen molar-refractivity contribution in [1.82, 2.24) is 15.5 Å². The van der Waals surface area contributed by atoms with Gasteiger partial charge in [0, 0.05) is 18.5 Å². The van der Waals surface area contributed by atoms with Crippen LogP contribution in [0.5, 0.6) is 0 Å². The van der Waals surface area contributed by atoms with Crippen molar-refractivity contribution in [3.63, 3.8) is 0 Å². The van der Waals surface area contributed by atoms with Gasteiger partial charge in [-0.15, -0.1) is 0 Å². The van der Waals surface area contributed by atoms with E-state index in [9.17, 15) is 9.59 Å². The zero-order valence-corrected chi connectivity index (χ0v) is 10.9. The molecule has 19 heavy (non-hydrogen) atoms. The molecule has 0 spiro atoms. The van der Waals surface area contributed by atoms with Crippen LogP contribution in [0, 0.1) is 0 Å². The molecule has 7 nitrogen and oxygen atoms in total. The van der Waals surface area contributed by atoms with Crippen LogP contribution in [0.15, 0.2) is 0 Å². The van der Waals surface area contributed by atoms with Crippen LogP contribution in [-0.2, 0) is 27.3 Å². The molecule has 0 saturated carbocycles. The molecule has 0 radical (unpaired) electrons. The van der Waals surface area contributed by atoms with E-state index in [2.05, 4.69) is 20.8 Å². The molecule has 2 heterocycles. The van der Waals surface area contributed by atoms with Crippen molar-refractivity contribution in [2.45, 2.75) is 32.7 Å². The number of aromatic nitrogens is 2. The number of aromatic amines is 1. The zero-order chi connectivity index (χ0) is 13.7. The zero-order valence-electron chi connectivity index (χ0n) is 10.9. The van der Waals surface area contributed by atoms with Crippen LogP contribution in [0.4, 0.5) is 5.82 Å². The van der Waals surface area contributed by atoms with Gasteiger partial charge in [0.1, 0.15) is 0 Å². The smallest absolute Gasteiger partial charge is 0.306 e. The number of ether oxygens (including phenoxy) is 1. The number of carbonyl (C=O) groups is 2. The minimum absolute atomic E-state index is 0.0911. The molecule has 1 aliphatic heterocycles. The Kier molecular flexibility index (Phi) is 4.51. The lowest BCUT2D eigenvalue weighted by molar-refractivity contribution is -0.144. The minimum atomic E-state index is -0.356. The first-order chi connectivity index (χ1) is 9.20. The van der Waals surface area contributed by atoms with Crippen LogP contribution in [0.2, 0.25) is 0 Å². The SMILES string of the molecule is CCOC(=O)CCC(=O)Nc1n[nH]c2c1CCNC2. The summed E-state index contributed by atoms with van der Waals surface area (Å²) < 4.78 is 4.77. The van der Waals surface area contributed by atoms with Crippen molar-refractivity contribution >= 4 is 17.7 Å². The van der Waals surface area contributed by atoms with Crippen molar-refractivity contribution in [2.24, 2.45) is 0 Å². The predicted octanol–water partition coefficient (Wildman–Crippen LogP) is 0.337. The summed E-state index contributed by atoms with van der Waals surface area (Å²) in [4.78, 5) is 22.9. The first kappa shape index (κ1) is 13.5. The Hall–Kier alpha value is -1.89. The van der Waals surface area contributed by atoms with Crippen molar-refractivity contribution in [2.75, 3.05) is 18.5 Å². The van der Waals surface area contributed by atoms with Crippen LogP contribution < -0.4 is 10.6 Å². The lowest BCUT2D eigenvalue weighted by atomic mass is 10.1. The van der Waals surface area contributed by atoms with Gasteiger partial charge in [0.2, 0.25) is 5.91 Å². The maximum atomic E-state index is 11.7. The maximum Gasteiger partial charge on any atom is 0.306 e. The van der Waals surface area contributed by atoms with E-state index in [0.29, 0.717) is 12.4 Å². The van der Waals surface area contributed by atoms with Crippen LogP contribution in [0.1, 0.15) is 31.0 Å². The summed E-state index contributed by atoms with van der Waals surface area (Å²) >= 11 is 0. The van der Waals surface area contributed by atoms with E-state index in [0.717, 1.165) is 30.8 Å². The molecule has 7 heteroatoms. The summed E-state index contributed by atoms with van der Waals surface area (Å²) in [7, 11) is 0. The molecule has 0 atom stereocenters. The number of rotatable bonds is 5. The highest BCUT2D eigenvalue weighted by Crippen LogP contribution is 2.19. The van der Waals surface area contributed by atoms with Gasteiger partial charge < -0.3 is 15.4 Å². The molecule has 0 unspecified atom stereocenters. The van der Waals surface area contributed by atoms with Crippen molar-refractivity contribution in [3.8, 4) is 0 Å². The van der Waals surface area contributed by atoms with Gasteiger partial charge in [-0.3, -0.25) is 14.7 Å². The second kappa shape index (κ2) is 6.33. The quantitative estimate of drug-likeness (QED) is 0.668. The minimum Gasteiger partial charge on any atom is -0.466 e. The topological polar surface area (TPSA) is 96.1 Å². The van der Waals surface area contributed by atoms with Crippen LogP contribution in [0.3, 0.4) is 0 Å². The Morgan fingerprint density at radius 1 is 1.42 bits per heavy atom. The van der Waals surface area contributed by atoms with Gasteiger partial charge in [0.15, 0.2) is 5.82 Å². The number of H-pyrrole nitrogens is 1. The average molecular weight is 266 g/mol. The van der Waals surface area contributed by atoms with E-state index < -0.39 is 0 Å². The summed E-state index contributed by atoms with van der Waals surface area (Å²) in [6, 6.07) is 0. The molecular formula is C12H18N4O3. The van der Waals surface area contributed by atoms with Crippen LogP contribution in [-0.4, -0.2) is 35.2 Å². The highest BCUT2D eigenvalue weighted by atomic mass is 16.5.